The van der Waals surface area contributed by atoms with E-state index in [4.69, 9.17) is 4.74 Å². The monoisotopic (exact) mass is 243 g/mol. The van der Waals surface area contributed by atoms with E-state index < -0.39 is 0 Å². The van der Waals surface area contributed by atoms with Crippen molar-refractivity contribution < 1.29 is 4.74 Å². The summed E-state index contributed by atoms with van der Waals surface area (Å²) in [5, 5.41) is 3.39. The van der Waals surface area contributed by atoms with E-state index in [0.717, 1.165) is 22.8 Å². The first-order chi connectivity index (χ1) is 8.72. The minimum absolute atomic E-state index is 0.0787. The van der Waals surface area contributed by atoms with Crippen molar-refractivity contribution in [2.24, 2.45) is 0 Å². The van der Waals surface area contributed by atoms with Crippen molar-refractivity contribution in [2.45, 2.75) is 19.9 Å². The molecule has 0 saturated carbocycles. The van der Waals surface area contributed by atoms with Gasteiger partial charge in [-0.3, -0.25) is 9.97 Å². The summed E-state index contributed by atoms with van der Waals surface area (Å²) in [4.78, 5) is 8.61. The molecule has 1 aromatic heterocycles. The number of aryl methyl sites for hydroxylation is 1. The fourth-order valence-corrected chi connectivity index (χ4v) is 1.91. The fraction of sp³-hybridized carbons (Fsp3) is 0.286. The molecule has 94 valence electrons. The van der Waals surface area contributed by atoms with E-state index in [-0.39, 0.29) is 6.04 Å². The predicted molar refractivity (Wildman–Crippen MR) is 71.8 cm³/mol. The number of hydrogen-bond acceptors (Lipinski definition) is 4. The van der Waals surface area contributed by atoms with Gasteiger partial charge in [-0.1, -0.05) is 12.1 Å². The Balaban J connectivity index is 2.21. The van der Waals surface area contributed by atoms with Crippen LogP contribution in [-0.2, 0) is 0 Å². The first-order valence-corrected chi connectivity index (χ1v) is 5.89. The van der Waals surface area contributed by atoms with E-state index in [9.17, 15) is 0 Å². The van der Waals surface area contributed by atoms with Gasteiger partial charge in [0.25, 0.3) is 0 Å². The average Bonchev–Trinajstić information content (AvgIpc) is 2.39. The minimum Gasteiger partial charge on any atom is -0.495 e. The normalized spacial score (nSPS) is 11.9. The van der Waals surface area contributed by atoms with E-state index >= 15 is 0 Å². The molecule has 0 bridgehead atoms. The molecule has 2 rings (SSSR count). The van der Waals surface area contributed by atoms with Gasteiger partial charge in [-0.25, -0.2) is 0 Å². The van der Waals surface area contributed by atoms with Crippen molar-refractivity contribution in [1.29, 1.82) is 0 Å². The Morgan fingerprint density at radius 1 is 1.17 bits per heavy atom. The SMILES string of the molecule is COc1ccccc1NC(C)c1nccnc1C. The molecule has 18 heavy (non-hydrogen) atoms. The van der Waals surface area contributed by atoms with Gasteiger partial charge in [-0.2, -0.15) is 0 Å². The molecule has 0 saturated heterocycles. The van der Waals surface area contributed by atoms with Gasteiger partial charge < -0.3 is 10.1 Å². The van der Waals surface area contributed by atoms with Gasteiger partial charge in [0.1, 0.15) is 5.75 Å². The summed E-state index contributed by atoms with van der Waals surface area (Å²) < 4.78 is 5.31. The molecule has 1 N–H and O–H groups in total. The molecule has 4 heteroatoms. The standard InChI is InChI=1S/C14H17N3O/c1-10-14(16-9-8-15-10)11(2)17-12-6-4-5-7-13(12)18-3/h4-9,11,17H,1-3H3. The van der Waals surface area contributed by atoms with Crippen LogP contribution in [0.15, 0.2) is 36.7 Å². The number of hydrogen-bond donors (Lipinski definition) is 1. The molecule has 4 nitrogen and oxygen atoms in total. The maximum atomic E-state index is 5.31. The Morgan fingerprint density at radius 2 is 1.89 bits per heavy atom. The van der Waals surface area contributed by atoms with E-state index in [0.29, 0.717) is 0 Å². The highest BCUT2D eigenvalue weighted by molar-refractivity contribution is 5.57. The molecule has 1 aromatic carbocycles. The second kappa shape index (κ2) is 5.49. The molecule has 1 atom stereocenters. The van der Waals surface area contributed by atoms with Crippen LogP contribution in [0.4, 0.5) is 5.69 Å². The zero-order valence-electron chi connectivity index (χ0n) is 10.8. The van der Waals surface area contributed by atoms with Gasteiger partial charge in [0, 0.05) is 12.4 Å². The number of ether oxygens (including phenoxy) is 1. The third-order valence-corrected chi connectivity index (χ3v) is 2.81. The molecular weight excluding hydrogens is 226 g/mol. The van der Waals surface area contributed by atoms with Gasteiger partial charge in [-0.05, 0) is 26.0 Å². The van der Waals surface area contributed by atoms with Crippen molar-refractivity contribution in [3.05, 3.63) is 48.0 Å². The first-order valence-electron chi connectivity index (χ1n) is 5.89. The maximum Gasteiger partial charge on any atom is 0.141 e. The minimum atomic E-state index is 0.0787. The van der Waals surface area contributed by atoms with Crippen LogP contribution in [0.5, 0.6) is 5.75 Å². The van der Waals surface area contributed by atoms with Crippen LogP contribution in [0.3, 0.4) is 0 Å². The van der Waals surface area contributed by atoms with E-state index in [2.05, 4.69) is 22.2 Å². The third-order valence-electron chi connectivity index (χ3n) is 2.81. The summed E-state index contributed by atoms with van der Waals surface area (Å²) in [6, 6.07) is 7.91. The zero-order chi connectivity index (χ0) is 13.0. The number of benzene rings is 1. The smallest absolute Gasteiger partial charge is 0.141 e. The number of nitrogens with zero attached hydrogens (tertiary/aromatic N) is 2. The van der Waals surface area contributed by atoms with Crippen LogP contribution in [0.25, 0.3) is 0 Å². The van der Waals surface area contributed by atoms with Gasteiger partial charge in [0.2, 0.25) is 0 Å². The molecule has 0 fully saturated rings. The summed E-state index contributed by atoms with van der Waals surface area (Å²) in [5.41, 5.74) is 2.84. The summed E-state index contributed by atoms with van der Waals surface area (Å²) in [7, 11) is 1.67. The molecule has 1 unspecified atom stereocenters. The lowest BCUT2D eigenvalue weighted by molar-refractivity contribution is 0.416. The Bertz CT molecular complexity index is 528. The molecule has 0 aliphatic carbocycles. The highest BCUT2D eigenvalue weighted by Gasteiger charge is 2.12. The second-order valence-electron chi connectivity index (χ2n) is 4.09. The topological polar surface area (TPSA) is 47.0 Å². The van der Waals surface area contributed by atoms with Gasteiger partial charge in [0.05, 0.1) is 30.2 Å². The fourth-order valence-electron chi connectivity index (χ4n) is 1.91. The van der Waals surface area contributed by atoms with Crippen LogP contribution in [0.2, 0.25) is 0 Å². The largest absolute Gasteiger partial charge is 0.495 e. The summed E-state index contributed by atoms with van der Waals surface area (Å²) >= 11 is 0. The number of nitrogens with one attached hydrogen (secondary N) is 1. The first kappa shape index (κ1) is 12.4. The molecule has 1 heterocycles. The number of aromatic nitrogens is 2. The van der Waals surface area contributed by atoms with Crippen molar-refractivity contribution in [1.82, 2.24) is 9.97 Å². The second-order valence-corrected chi connectivity index (χ2v) is 4.09. The van der Waals surface area contributed by atoms with E-state index in [1.807, 2.05) is 31.2 Å². The molecule has 0 radical (unpaired) electrons. The molecule has 0 amide bonds. The molecular formula is C14H17N3O. The molecule has 0 aliphatic rings. The number of para-hydroxylation sites is 2. The number of methoxy groups -OCH3 is 1. The Kier molecular flexibility index (Phi) is 3.77. The predicted octanol–water partition coefficient (Wildman–Crippen LogP) is 2.97. The maximum absolute atomic E-state index is 5.31. The van der Waals surface area contributed by atoms with E-state index in [1.54, 1.807) is 19.5 Å². The number of rotatable bonds is 4. The van der Waals surface area contributed by atoms with Gasteiger partial charge >= 0.3 is 0 Å². The lowest BCUT2D eigenvalue weighted by Crippen LogP contribution is -2.11. The summed E-state index contributed by atoms with van der Waals surface area (Å²) in [5.74, 6) is 0.825. The third kappa shape index (κ3) is 2.59. The quantitative estimate of drug-likeness (QED) is 0.896. The Labute approximate surface area is 107 Å². The zero-order valence-corrected chi connectivity index (χ0v) is 10.8. The molecule has 2 aromatic rings. The van der Waals surface area contributed by atoms with Crippen LogP contribution in [-0.4, -0.2) is 17.1 Å². The van der Waals surface area contributed by atoms with Crippen LogP contribution >= 0.6 is 0 Å². The van der Waals surface area contributed by atoms with Crippen molar-refractivity contribution in [3.63, 3.8) is 0 Å². The Morgan fingerprint density at radius 3 is 2.61 bits per heavy atom. The highest BCUT2D eigenvalue weighted by atomic mass is 16.5. The average molecular weight is 243 g/mol. The van der Waals surface area contributed by atoms with Crippen LogP contribution in [0.1, 0.15) is 24.4 Å². The lowest BCUT2D eigenvalue weighted by atomic mass is 10.1. The van der Waals surface area contributed by atoms with Crippen molar-refractivity contribution >= 4 is 5.69 Å². The van der Waals surface area contributed by atoms with E-state index in [1.165, 1.54) is 0 Å². The van der Waals surface area contributed by atoms with Gasteiger partial charge in [-0.15, -0.1) is 0 Å². The van der Waals surface area contributed by atoms with Crippen LogP contribution < -0.4 is 10.1 Å². The number of anilines is 1. The summed E-state index contributed by atoms with van der Waals surface area (Å²) in [6.07, 6.45) is 3.41. The highest BCUT2D eigenvalue weighted by Crippen LogP contribution is 2.27. The van der Waals surface area contributed by atoms with Crippen molar-refractivity contribution in [3.8, 4) is 5.75 Å². The Hall–Kier alpha value is -2.10. The van der Waals surface area contributed by atoms with Crippen molar-refractivity contribution in [2.75, 3.05) is 12.4 Å². The molecule has 0 spiro atoms. The van der Waals surface area contributed by atoms with Gasteiger partial charge in [0.15, 0.2) is 0 Å². The lowest BCUT2D eigenvalue weighted by Gasteiger charge is -2.17. The molecule has 0 aliphatic heterocycles. The summed E-state index contributed by atoms with van der Waals surface area (Å²) in [6.45, 7) is 4.02. The van der Waals surface area contributed by atoms with Crippen LogP contribution in [0, 0.1) is 6.92 Å².